The Morgan fingerprint density at radius 2 is 1.03 bits per heavy atom. The van der Waals surface area contributed by atoms with E-state index in [1.54, 1.807) is 0 Å². The first-order valence-electron chi connectivity index (χ1n) is 22.0. The van der Waals surface area contributed by atoms with Crippen LogP contribution in [-0.2, 0) is 6.42 Å². The van der Waals surface area contributed by atoms with Crippen molar-refractivity contribution >= 4 is 65.5 Å². The Kier molecular flexibility index (Phi) is 9.08. The third-order valence-corrected chi connectivity index (χ3v) is 12.4. The second kappa shape index (κ2) is 15.5. The molecule has 0 bridgehead atoms. The van der Waals surface area contributed by atoms with Gasteiger partial charge in [-0.25, -0.2) is 9.97 Å². The first kappa shape index (κ1) is 37.4. The van der Waals surface area contributed by atoms with E-state index in [2.05, 4.69) is 221 Å². The maximum Gasteiger partial charge on any atom is 0.237 e. The van der Waals surface area contributed by atoms with Crippen LogP contribution >= 0.6 is 0 Å². The highest BCUT2D eigenvalue weighted by Crippen LogP contribution is 2.41. The highest BCUT2D eigenvalue weighted by molar-refractivity contribution is 6.22. The lowest BCUT2D eigenvalue weighted by molar-refractivity contribution is 0.959. The van der Waals surface area contributed by atoms with E-state index in [4.69, 9.17) is 15.0 Å². The summed E-state index contributed by atoms with van der Waals surface area (Å²) in [6.07, 6.45) is 10.1. The van der Waals surface area contributed by atoms with E-state index in [1.165, 1.54) is 38.0 Å². The minimum Gasteiger partial charge on any atom is -0.309 e. The van der Waals surface area contributed by atoms with Gasteiger partial charge < -0.3 is 4.57 Å². The summed E-state index contributed by atoms with van der Waals surface area (Å²) >= 11 is 0. The van der Waals surface area contributed by atoms with Crippen LogP contribution in [0.2, 0.25) is 0 Å². The summed E-state index contributed by atoms with van der Waals surface area (Å²) in [4.78, 5) is 16.3. The summed E-state index contributed by atoms with van der Waals surface area (Å²) in [5, 5.41) is 7.15. The molecule has 12 aromatic rings. The van der Waals surface area contributed by atoms with Crippen molar-refractivity contribution < 1.29 is 0 Å². The van der Waals surface area contributed by atoms with Crippen LogP contribution in [0.4, 0.5) is 0 Å². The van der Waals surface area contributed by atoms with E-state index in [1.807, 2.05) is 12.1 Å². The third-order valence-electron chi connectivity index (χ3n) is 12.4. The van der Waals surface area contributed by atoms with Gasteiger partial charge >= 0.3 is 0 Å². The molecule has 0 aliphatic carbocycles. The van der Waals surface area contributed by atoms with Gasteiger partial charge in [0.2, 0.25) is 5.95 Å². The number of hydrogen-bond donors (Lipinski definition) is 0. The Hall–Kier alpha value is -8.35. The quantitative estimate of drug-likeness (QED) is 0.136. The van der Waals surface area contributed by atoms with E-state index in [-0.39, 0.29) is 0 Å². The van der Waals surface area contributed by atoms with Gasteiger partial charge in [-0.15, -0.1) is 0 Å². The molecule has 304 valence electrons. The summed E-state index contributed by atoms with van der Waals surface area (Å²) in [7, 11) is 0. The maximum atomic E-state index is 5.52. The largest absolute Gasteiger partial charge is 0.309 e. The molecule has 0 atom stereocenters. The highest BCUT2D eigenvalue weighted by atomic mass is 15.2. The van der Waals surface area contributed by atoms with Crippen molar-refractivity contribution in [3.63, 3.8) is 0 Å². The van der Waals surface area contributed by atoms with Gasteiger partial charge in [0.05, 0.1) is 27.8 Å². The molecule has 4 aromatic heterocycles. The Balaban J connectivity index is 1.10. The van der Waals surface area contributed by atoms with Gasteiger partial charge in [-0.1, -0.05) is 159 Å². The lowest BCUT2D eigenvalue weighted by Crippen LogP contribution is -2.07. The van der Waals surface area contributed by atoms with Crippen molar-refractivity contribution in [3.05, 3.63) is 218 Å². The summed E-state index contributed by atoms with van der Waals surface area (Å²) in [5.41, 5.74) is 12.4. The molecule has 6 heteroatoms. The molecule has 0 spiro atoms. The van der Waals surface area contributed by atoms with Gasteiger partial charge in [0.1, 0.15) is 11.3 Å². The van der Waals surface area contributed by atoms with Gasteiger partial charge in [-0.2, -0.15) is 4.98 Å². The van der Waals surface area contributed by atoms with Crippen molar-refractivity contribution in [1.82, 2.24) is 28.7 Å². The Morgan fingerprint density at radius 3 is 1.78 bits per heavy atom. The fourth-order valence-corrected chi connectivity index (χ4v) is 9.56. The molecular weight excluding hydrogens is 781 g/mol. The molecule has 0 saturated heterocycles. The molecule has 0 aliphatic rings. The van der Waals surface area contributed by atoms with Gasteiger partial charge in [0.25, 0.3) is 0 Å². The van der Waals surface area contributed by atoms with Gasteiger partial charge in [0.15, 0.2) is 5.65 Å². The number of fused-ring (bicyclic) bond motifs is 9. The second-order valence-electron chi connectivity index (χ2n) is 16.3. The first-order valence-corrected chi connectivity index (χ1v) is 22.0. The molecule has 0 unspecified atom stereocenters. The van der Waals surface area contributed by atoms with Gasteiger partial charge in [-0.05, 0) is 89.0 Å². The zero-order chi connectivity index (χ0) is 42.6. The molecule has 12 rings (SSSR count). The van der Waals surface area contributed by atoms with E-state index in [0.717, 1.165) is 67.9 Å². The summed E-state index contributed by atoms with van der Waals surface area (Å²) in [6, 6.07) is 67.0. The summed E-state index contributed by atoms with van der Waals surface area (Å²) in [5.74, 6) is 1.42. The molecule has 0 N–H and O–H groups in total. The molecule has 6 nitrogen and oxygen atoms in total. The Morgan fingerprint density at radius 1 is 0.438 bits per heavy atom. The fourth-order valence-electron chi connectivity index (χ4n) is 9.56. The fraction of sp³-hybridized carbons (Fsp3) is 0.0517. The zero-order valence-corrected chi connectivity index (χ0v) is 35.3. The average molecular weight is 823 g/mol. The van der Waals surface area contributed by atoms with Gasteiger partial charge in [-0.3, -0.25) is 9.13 Å². The Bertz CT molecular complexity index is 3780. The van der Waals surface area contributed by atoms with Crippen LogP contribution in [0.1, 0.15) is 19.0 Å². The number of imidazole rings is 1. The van der Waals surface area contributed by atoms with Crippen molar-refractivity contribution in [2.24, 2.45) is 0 Å². The van der Waals surface area contributed by atoms with Crippen molar-refractivity contribution in [3.8, 4) is 39.8 Å². The lowest BCUT2D eigenvalue weighted by atomic mass is 9.99. The molecule has 8 aromatic carbocycles. The van der Waals surface area contributed by atoms with E-state index in [9.17, 15) is 0 Å². The monoisotopic (exact) mass is 822 g/mol. The van der Waals surface area contributed by atoms with Crippen molar-refractivity contribution in [2.75, 3.05) is 0 Å². The highest BCUT2D eigenvalue weighted by Gasteiger charge is 2.24. The van der Waals surface area contributed by atoms with Crippen LogP contribution in [0.5, 0.6) is 0 Å². The van der Waals surface area contributed by atoms with Crippen LogP contribution < -0.4 is 0 Å². The van der Waals surface area contributed by atoms with Crippen LogP contribution in [0, 0.1) is 0 Å². The number of para-hydroxylation sites is 3. The van der Waals surface area contributed by atoms with Crippen LogP contribution in [-0.4, -0.2) is 28.7 Å². The predicted molar refractivity (Wildman–Crippen MR) is 266 cm³/mol. The number of aromatic nitrogens is 6. The molecule has 0 aliphatic heterocycles. The van der Waals surface area contributed by atoms with Gasteiger partial charge in [0, 0.05) is 44.9 Å². The second-order valence-corrected chi connectivity index (χ2v) is 16.3. The minimum atomic E-state index is 0.593. The number of hydrogen-bond acceptors (Lipinski definition) is 3. The number of nitrogens with zero attached hydrogens (tertiary/aromatic N) is 6. The normalized spacial score (nSPS) is 12.1. The Labute approximate surface area is 370 Å². The lowest BCUT2D eigenvalue weighted by Gasteiger charge is -2.13. The van der Waals surface area contributed by atoms with E-state index < -0.39 is 0 Å². The number of rotatable bonds is 9. The predicted octanol–water partition coefficient (Wildman–Crippen LogP) is 14.6. The number of allylic oxidation sites excluding steroid dienone is 4. The minimum absolute atomic E-state index is 0.593. The molecular formula is C58H42N6. The van der Waals surface area contributed by atoms with Crippen LogP contribution in [0.25, 0.3) is 105 Å². The topological polar surface area (TPSA) is 53.5 Å². The molecule has 64 heavy (non-hydrogen) atoms. The van der Waals surface area contributed by atoms with E-state index in [0.29, 0.717) is 18.0 Å². The average Bonchev–Trinajstić information content (AvgIpc) is 4.02. The maximum absolute atomic E-state index is 5.52. The van der Waals surface area contributed by atoms with Crippen molar-refractivity contribution in [1.29, 1.82) is 0 Å². The van der Waals surface area contributed by atoms with Crippen LogP contribution in [0.15, 0.2) is 212 Å². The molecule has 0 saturated carbocycles. The smallest absolute Gasteiger partial charge is 0.237 e. The molecule has 0 amide bonds. The first-order chi connectivity index (χ1) is 31.7. The standard InChI is InChI=1S/C58H42N6/c1-2-3-4-5-15-29-49-55-56(60-57(40-21-9-6-10-22-40)63(55)44-25-13-8-14-26-44)61-58(59-49)64-52-35-33-42(38-48(52)54-45-27-17-16-20-39(45)31-36-53(54)64)41-32-34-51-47(37-41)46-28-18-19-30-50(46)62(51)43-23-11-7-12-24-43/h3-28,30-38H,2,29H2,1H3/b4-3-,15-5-. The molecule has 0 fully saturated rings. The summed E-state index contributed by atoms with van der Waals surface area (Å²) in [6.45, 7) is 2.15. The van der Waals surface area contributed by atoms with Crippen LogP contribution in [0.3, 0.4) is 0 Å². The molecule has 4 heterocycles. The third kappa shape index (κ3) is 6.14. The molecule has 0 radical (unpaired) electrons. The number of benzene rings is 8. The van der Waals surface area contributed by atoms with Crippen molar-refractivity contribution in [2.45, 2.75) is 19.8 Å². The van der Waals surface area contributed by atoms with E-state index >= 15 is 0 Å². The summed E-state index contributed by atoms with van der Waals surface area (Å²) < 4.78 is 6.83. The zero-order valence-electron chi connectivity index (χ0n) is 35.3. The SMILES string of the molecule is CC/C=C\C=C/Cc1nc(-n2c3ccc(-c4ccc5c(c4)c4ccccc4n5-c4ccccc4)cc3c3c4ccccc4ccc32)nc2nc(-c3ccccc3)n(-c3ccccc3)c12.